The van der Waals surface area contributed by atoms with E-state index in [0.29, 0.717) is 51.1 Å². The third-order valence-corrected chi connectivity index (χ3v) is 8.82. The molecule has 1 aromatic heterocycles. The zero-order valence-electron chi connectivity index (χ0n) is 28.5. The molecular formula is C30H50N5O14P. The fraction of sp³-hybridized carbons (Fsp3) is 0.767. The van der Waals surface area contributed by atoms with Gasteiger partial charge in [0.1, 0.15) is 18.3 Å². The number of imide groups is 1. The van der Waals surface area contributed by atoms with E-state index >= 15 is 0 Å². The SMILES string of the molecule is CC(CCOC(C)(C)CCn1cc(CCO[C@H]2O[C@H](CCP(=O)(O)O)[C@@H](O)[C@H](O)[C@@H]2O)nn1)OOCCCNC(=O)CCN1C(=O)C=CC1=O. The Morgan fingerprint density at radius 3 is 2.50 bits per heavy atom. The van der Waals surface area contributed by atoms with E-state index in [-0.39, 0.29) is 44.6 Å². The molecule has 1 fully saturated rings. The van der Waals surface area contributed by atoms with Crippen molar-refractivity contribution in [1.29, 1.82) is 0 Å². The van der Waals surface area contributed by atoms with Crippen molar-refractivity contribution in [3.05, 3.63) is 24.0 Å². The topological polar surface area (TPSA) is 262 Å². The van der Waals surface area contributed by atoms with Crippen LogP contribution < -0.4 is 5.32 Å². The Kier molecular flexibility index (Phi) is 16.5. The zero-order chi connectivity index (χ0) is 36.9. The molecule has 6 N–H and O–H groups in total. The second-order valence-electron chi connectivity index (χ2n) is 12.8. The maximum atomic E-state index is 11.9. The molecule has 6 atom stereocenters. The van der Waals surface area contributed by atoms with E-state index in [1.165, 1.54) is 12.2 Å². The number of nitrogens with one attached hydrogen (secondary N) is 1. The number of hydrogen-bond donors (Lipinski definition) is 6. The van der Waals surface area contributed by atoms with E-state index in [9.17, 15) is 34.3 Å². The van der Waals surface area contributed by atoms with Crippen molar-refractivity contribution in [3.63, 3.8) is 0 Å². The molecule has 50 heavy (non-hydrogen) atoms. The van der Waals surface area contributed by atoms with E-state index in [2.05, 4.69) is 15.6 Å². The highest BCUT2D eigenvalue weighted by Crippen LogP contribution is 2.37. The van der Waals surface area contributed by atoms with Gasteiger partial charge in [-0.15, -0.1) is 5.10 Å². The number of amides is 3. The number of carbonyl (C=O) groups is 3. The first-order valence-electron chi connectivity index (χ1n) is 16.5. The summed E-state index contributed by atoms with van der Waals surface area (Å²) in [6.45, 7) is 7.41. The van der Waals surface area contributed by atoms with Crippen molar-refractivity contribution < 1.29 is 68.0 Å². The molecule has 0 saturated carbocycles. The highest BCUT2D eigenvalue weighted by atomic mass is 31.2. The number of aliphatic hydroxyl groups is 3. The molecule has 0 bridgehead atoms. The van der Waals surface area contributed by atoms with Gasteiger partial charge < -0.3 is 44.6 Å². The number of carbonyl (C=O) groups excluding carboxylic acids is 3. The molecule has 0 aromatic carbocycles. The Labute approximate surface area is 289 Å². The van der Waals surface area contributed by atoms with Crippen LogP contribution in [0.4, 0.5) is 0 Å². The third kappa shape index (κ3) is 14.5. The lowest BCUT2D eigenvalue weighted by Crippen LogP contribution is -2.58. The van der Waals surface area contributed by atoms with Gasteiger partial charge in [-0.3, -0.25) is 28.5 Å². The number of rotatable bonds is 23. The van der Waals surface area contributed by atoms with Crippen molar-refractivity contribution in [1.82, 2.24) is 25.2 Å². The van der Waals surface area contributed by atoms with Gasteiger partial charge >= 0.3 is 7.60 Å². The Morgan fingerprint density at radius 2 is 1.80 bits per heavy atom. The van der Waals surface area contributed by atoms with Gasteiger partial charge in [0.15, 0.2) is 6.29 Å². The zero-order valence-corrected chi connectivity index (χ0v) is 29.4. The number of aliphatic hydroxyl groups excluding tert-OH is 3. The van der Waals surface area contributed by atoms with Crippen molar-refractivity contribution in [2.24, 2.45) is 0 Å². The van der Waals surface area contributed by atoms with Crippen molar-refractivity contribution in [3.8, 4) is 0 Å². The van der Waals surface area contributed by atoms with Gasteiger partial charge in [-0.05, 0) is 46.5 Å². The highest BCUT2D eigenvalue weighted by Gasteiger charge is 2.44. The fourth-order valence-corrected chi connectivity index (χ4v) is 5.50. The number of nitrogens with zero attached hydrogens (tertiary/aromatic N) is 4. The first kappa shape index (κ1) is 41.7. The molecule has 19 nitrogen and oxygen atoms in total. The largest absolute Gasteiger partial charge is 0.388 e. The van der Waals surface area contributed by atoms with Crippen molar-refractivity contribution in [2.45, 2.75) is 108 Å². The molecule has 2 aliphatic rings. The van der Waals surface area contributed by atoms with E-state index < -0.39 is 61.9 Å². The Balaban J connectivity index is 1.23. The van der Waals surface area contributed by atoms with E-state index in [4.69, 9.17) is 33.8 Å². The second-order valence-corrected chi connectivity index (χ2v) is 14.6. The molecule has 1 aromatic rings. The van der Waals surface area contributed by atoms with Gasteiger partial charge in [-0.25, -0.2) is 9.78 Å². The van der Waals surface area contributed by atoms with Crippen molar-refractivity contribution >= 4 is 25.3 Å². The molecule has 3 amide bonds. The summed E-state index contributed by atoms with van der Waals surface area (Å²) in [5, 5.41) is 41.4. The smallest absolute Gasteiger partial charge is 0.325 e. The summed E-state index contributed by atoms with van der Waals surface area (Å²) in [5.74, 6) is -1.11. The molecule has 0 spiro atoms. The molecule has 284 valence electrons. The van der Waals surface area contributed by atoms with E-state index in [0.717, 1.165) is 4.90 Å². The first-order valence-corrected chi connectivity index (χ1v) is 18.3. The fourth-order valence-electron chi connectivity index (χ4n) is 4.91. The standard InChI is InChI=1S/C30H50N5O14P/c1-20(49-47-15-4-12-31-23(36)7-13-35-24(37)5-6-25(35)38)8-17-46-30(2,3)11-14-34-19-21(32-33-34)9-16-45-29-28(41)27(40)26(39)22(48-29)10-18-50(42,43)44/h5-6,19-20,22,26-29,39-41H,4,7-18H2,1-3H3,(H,31,36)(H2,42,43,44)/t20?,22-,26-,27+,28+,29+/m1/s1. The van der Waals surface area contributed by atoms with Crippen LogP contribution in [0.1, 0.15) is 58.6 Å². The second kappa shape index (κ2) is 19.8. The molecule has 1 saturated heterocycles. The van der Waals surface area contributed by atoms with Crippen LogP contribution in [0, 0.1) is 0 Å². The van der Waals surface area contributed by atoms with Gasteiger partial charge in [0.25, 0.3) is 11.8 Å². The van der Waals surface area contributed by atoms with Gasteiger partial charge in [-0.1, -0.05) is 5.21 Å². The van der Waals surface area contributed by atoms with Crippen LogP contribution >= 0.6 is 7.60 Å². The summed E-state index contributed by atoms with van der Waals surface area (Å²) in [6.07, 6.45) is -1.98. The summed E-state index contributed by atoms with van der Waals surface area (Å²) in [5.41, 5.74) is 0.127. The van der Waals surface area contributed by atoms with Crippen LogP contribution in [0.3, 0.4) is 0 Å². The van der Waals surface area contributed by atoms with E-state index in [1.54, 1.807) is 10.9 Å². The molecule has 20 heteroatoms. The quantitative estimate of drug-likeness (QED) is 0.0257. The van der Waals surface area contributed by atoms with Gasteiger partial charge in [0.05, 0.1) is 42.9 Å². The normalized spacial score (nSPS) is 23.5. The molecular weight excluding hydrogens is 685 g/mol. The Hall–Kier alpha value is -2.68. The van der Waals surface area contributed by atoms with Gasteiger partial charge in [0, 0.05) is 57.4 Å². The molecule has 0 radical (unpaired) electrons. The monoisotopic (exact) mass is 735 g/mol. The summed E-state index contributed by atoms with van der Waals surface area (Å²) >= 11 is 0. The summed E-state index contributed by atoms with van der Waals surface area (Å²) in [7, 11) is -4.35. The number of aryl methyl sites for hydroxylation is 1. The van der Waals surface area contributed by atoms with Crippen LogP contribution in [-0.2, 0) is 55.9 Å². The number of hydrogen-bond acceptors (Lipinski definition) is 14. The lowest BCUT2D eigenvalue weighted by atomic mass is 9.97. The van der Waals surface area contributed by atoms with Gasteiger partial charge in [-0.2, -0.15) is 0 Å². The third-order valence-electron chi connectivity index (χ3n) is 7.98. The van der Waals surface area contributed by atoms with Crippen LogP contribution in [0.15, 0.2) is 18.3 Å². The molecule has 3 rings (SSSR count). The summed E-state index contributed by atoms with van der Waals surface area (Å²) in [4.78, 5) is 64.8. The van der Waals surface area contributed by atoms with Crippen LogP contribution in [0.25, 0.3) is 0 Å². The summed E-state index contributed by atoms with van der Waals surface area (Å²) in [6, 6.07) is 0. The maximum absolute atomic E-state index is 11.9. The predicted octanol–water partition coefficient (Wildman–Crippen LogP) is -1.05. The Morgan fingerprint density at radius 1 is 1.08 bits per heavy atom. The molecule has 3 heterocycles. The first-order chi connectivity index (χ1) is 23.5. The molecule has 2 aliphatic heterocycles. The minimum atomic E-state index is -4.35. The maximum Gasteiger partial charge on any atom is 0.325 e. The average Bonchev–Trinajstić information content (AvgIpc) is 3.64. The lowest BCUT2D eigenvalue weighted by Gasteiger charge is -2.40. The van der Waals surface area contributed by atoms with Crippen LogP contribution in [0.5, 0.6) is 0 Å². The van der Waals surface area contributed by atoms with Crippen molar-refractivity contribution in [2.75, 3.05) is 39.1 Å². The molecule has 0 aliphatic carbocycles. The molecule has 1 unspecified atom stereocenters. The van der Waals surface area contributed by atoms with Crippen LogP contribution in [0.2, 0.25) is 0 Å². The van der Waals surface area contributed by atoms with E-state index in [1.807, 2.05) is 20.8 Å². The average molecular weight is 736 g/mol. The Bertz CT molecular complexity index is 1300. The van der Waals surface area contributed by atoms with Gasteiger partial charge in [0.2, 0.25) is 5.91 Å². The minimum Gasteiger partial charge on any atom is -0.388 e. The highest BCUT2D eigenvalue weighted by molar-refractivity contribution is 7.51. The summed E-state index contributed by atoms with van der Waals surface area (Å²) < 4.78 is 29.9. The van der Waals surface area contributed by atoms with Crippen LogP contribution in [-0.4, -0.2) is 144 Å². The number of ether oxygens (including phenoxy) is 3. The lowest BCUT2D eigenvalue weighted by molar-refractivity contribution is -0.323. The predicted molar refractivity (Wildman–Crippen MR) is 172 cm³/mol. The number of aromatic nitrogens is 3. The minimum absolute atomic E-state index is 0.0272.